The van der Waals surface area contributed by atoms with Crippen LogP contribution in [-0.2, 0) is 20.0 Å². The molecule has 1 unspecified atom stereocenters. The molecule has 182 valence electrons. The van der Waals surface area contributed by atoms with Gasteiger partial charge in [0.15, 0.2) is 0 Å². The number of hydrazone groups is 1. The van der Waals surface area contributed by atoms with Gasteiger partial charge in [-0.25, -0.2) is 8.42 Å². The first-order valence-corrected chi connectivity index (χ1v) is 13.8. The fraction of sp³-hybridized carbons (Fsp3) is 0.136. The molecule has 1 heterocycles. The predicted molar refractivity (Wildman–Crippen MR) is 132 cm³/mol. The Balaban J connectivity index is 1.76. The molecule has 3 aromatic rings. The van der Waals surface area contributed by atoms with Crippen molar-refractivity contribution in [3.05, 3.63) is 99.1 Å². The first-order valence-electron chi connectivity index (χ1n) is 10.1. The minimum absolute atomic E-state index is 0.0324. The lowest BCUT2D eigenvalue weighted by Gasteiger charge is -2.23. The van der Waals surface area contributed by atoms with E-state index >= 15 is 0 Å². The van der Waals surface area contributed by atoms with Gasteiger partial charge < -0.3 is 0 Å². The highest BCUT2D eigenvalue weighted by Crippen LogP contribution is 2.38. The van der Waals surface area contributed by atoms with Crippen LogP contribution in [0.1, 0.15) is 23.6 Å². The van der Waals surface area contributed by atoms with Crippen LogP contribution in [0.3, 0.4) is 0 Å². The van der Waals surface area contributed by atoms with E-state index < -0.39 is 31.0 Å². The number of hydrogen-bond acceptors (Lipinski definition) is 7. The Bertz CT molecular complexity index is 1520. The van der Waals surface area contributed by atoms with E-state index in [4.69, 9.17) is 11.6 Å². The summed E-state index contributed by atoms with van der Waals surface area (Å²) in [6.45, 7) is 0. The number of nitrogens with zero attached hydrogens (tertiary/aromatic N) is 3. The molecule has 1 atom stereocenters. The number of nitro benzene ring substituents is 1. The van der Waals surface area contributed by atoms with Gasteiger partial charge in [-0.15, -0.1) is 0 Å². The Hall–Kier alpha value is -3.48. The van der Waals surface area contributed by atoms with Crippen molar-refractivity contribution in [1.82, 2.24) is 4.41 Å². The van der Waals surface area contributed by atoms with Crippen molar-refractivity contribution in [3.63, 3.8) is 0 Å². The van der Waals surface area contributed by atoms with Gasteiger partial charge in [0, 0.05) is 29.3 Å². The SMILES string of the molecule is CS(=O)(=O)Nc1ccc(C2=NN(S(=O)(=O)c3ccc(Cl)cc3)C(c3cccc([N+](=O)[O-])c3)C2)cc1. The van der Waals surface area contributed by atoms with Gasteiger partial charge in [0.25, 0.3) is 15.7 Å². The van der Waals surface area contributed by atoms with Gasteiger partial charge in [0.2, 0.25) is 10.0 Å². The van der Waals surface area contributed by atoms with Crippen LogP contribution in [-0.4, -0.2) is 38.1 Å². The van der Waals surface area contributed by atoms with Crippen molar-refractivity contribution in [2.45, 2.75) is 17.4 Å². The van der Waals surface area contributed by atoms with Gasteiger partial charge >= 0.3 is 0 Å². The van der Waals surface area contributed by atoms with Crippen LogP contribution in [0.15, 0.2) is 82.8 Å². The van der Waals surface area contributed by atoms with Crippen LogP contribution in [0, 0.1) is 10.1 Å². The second kappa shape index (κ2) is 9.29. The van der Waals surface area contributed by atoms with E-state index in [1.54, 1.807) is 18.2 Å². The summed E-state index contributed by atoms with van der Waals surface area (Å²) < 4.78 is 53.2. The minimum atomic E-state index is -4.13. The molecule has 0 radical (unpaired) electrons. The molecule has 0 aliphatic carbocycles. The monoisotopic (exact) mass is 534 g/mol. The van der Waals surface area contributed by atoms with Crippen molar-refractivity contribution in [3.8, 4) is 0 Å². The zero-order chi connectivity index (χ0) is 25.4. The van der Waals surface area contributed by atoms with Crippen LogP contribution in [0.25, 0.3) is 0 Å². The fourth-order valence-electron chi connectivity index (χ4n) is 3.64. The molecule has 1 N–H and O–H groups in total. The third-order valence-corrected chi connectivity index (χ3v) is 7.77. The van der Waals surface area contributed by atoms with Crippen LogP contribution < -0.4 is 4.72 Å². The number of halogens is 1. The van der Waals surface area contributed by atoms with Crippen LogP contribution >= 0.6 is 11.6 Å². The minimum Gasteiger partial charge on any atom is -0.284 e. The molecule has 1 aliphatic heterocycles. The maximum Gasteiger partial charge on any atom is 0.279 e. The molecule has 4 rings (SSSR count). The number of hydrogen-bond donors (Lipinski definition) is 1. The molecule has 35 heavy (non-hydrogen) atoms. The van der Waals surface area contributed by atoms with E-state index in [0.717, 1.165) is 10.7 Å². The van der Waals surface area contributed by atoms with E-state index in [9.17, 15) is 26.9 Å². The Morgan fingerprint density at radius 1 is 1.03 bits per heavy atom. The standard InChI is InChI=1S/C22H19ClN4O6S2/c1-34(30,31)25-18-9-5-15(6-10-18)21-14-22(16-3-2-4-19(13-16)27(28)29)26(24-21)35(32,33)20-11-7-17(23)8-12-20/h2-13,22,25H,14H2,1H3. The molecule has 10 nitrogen and oxygen atoms in total. The number of sulfonamides is 2. The zero-order valence-electron chi connectivity index (χ0n) is 18.2. The third-order valence-electron chi connectivity index (χ3n) is 5.22. The van der Waals surface area contributed by atoms with E-state index in [2.05, 4.69) is 9.82 Å². The number of nitrogens with one attached hydrogen (secondary N) is 1. The number of nitro groups is 1. The van der Waals surface area contributed by atoms with Crippen molar-refractivity contribution in [2.24, 2.45) is 5.10 Å². The number of non-ortho nitro benzene ring substituents is 1. The van der Waals surface area contributed by atoms with Crippen LogP contribution in [0.4, 0.5) is 11.4 Å². The van der Waals surface area contributed by atoms with E-state index in [1.165, 1.54) is 54.6 Å². The lowest BCUT2D eigenvalue weighted by molar-refractivity contribution is -0.384. The Morgan fingerprint density at radius 2 is 1.69 bits per heavy atom. The predicted octanol–water partition coefficient (Wildman–Crippen LogP) is 4.16. The highest BCUT2D eigenvalue weighted by Gasteiger charge is 2.38. The average Bonchev–Trinajstić information content (AvgIpc) is 3.25. The Kier molecular flexibility index (Phi) is 6.54. The van der Waals surface area contributed by atoms with Gasteiger partial charge in [-0.2, -0.15) is 17.9 Å². The summed E-state index contributed by atoms with van der Waals surface area (Å²) in [4.78, 5) is 10.7. The largest absolute Gasteiger partial charge is 0.284 e. The molecular weight excluding hydrogens is 516 g/mol. The lowest BCUT2D eigenvalue weighted by Crippen LogP contribution is -2.27. The molecular formula is C22H19ClN4O6S2. The summed E-state index contributed by atoms with van der Waals surface area (Å²) in [6.07, 6.45) is 1.18. The summed E-state index contributed by atoms with van der Waals surface area (Å²) in [5.74, 6) is 0. The number of benzene rings is 3. The molecule has 13 heteroatoms. The van der Waals surface area contributed by atoms with Gasteiger partial charge in [0.1, 0.15) is 0 Å². The summed E-state index contributed by atoms with van der Waals surface area (Å²) in [5.41, 5.74) is 1.58. The first-order chi connectivity index (χ1) is 16.4. The Labute approximate surface area is 207 Å². The van der Waals surface area contributed by atoms with E-state index in [0.29, 0.717) is 27.5 Å². The summed E-state index contributed by atoms with van der Waals surface area (Å²) in [5, 5.41) is 16.1. The van der Waals surface area contributed by atoms with Gasteiger partial charge in [-0.1, -0.05) is 35.9 Å². The highest BCUT2D eigenvalue weighted by atomic mass is 35.5. The zero-order valence-corrected chi connectivity index (χ0v) is 20.6. The fourth-order valence-corrected chi connectivity index (χ4v) is 5.76. The molecule has 0 fully saturated rings. The topological polar surface area (TPSA) is 139 Å². The molecule has 0 amide bonds. The van der Waals surface area contributed by atoms with Crippen LogP contribution in [0.2, 0.25) is 5.02 Å². The lowest BCUT2D eigenvalue weighted by atomic mass is 9.99. The third kappa shape index (κ3) is 5.45. The van der Waals surface area contributed by atoms with Crippen molar-refractivity contribution in [1.29, 1.82) is 0 Å². The van der Waals surface area contributed by atoms with Crippen LogP contribution in [0.5, 0.6) is 0 Å². The average molecular weight is 535 g/mol. The Morgan fingerprint density at radius 3 is 2.29 bits per heavy atom. The molecule has 0 spiro atoms. The maximum atomic E-state index is 13.5. The second-order valence-electron chi connectivity index (χ2n) is 7.80. The molecule has 3 aromatic carbocycles. The summed E-state index contributed by atoms with van der Waals surface area (Å²) in [6, 6.07) is 16.9. The molecule has 1 aliphatic rings. The van der Waals surface area contributed by atoms with Crippen molar-refractivity contribution >= 4 is 48.7 Å². The first kappa shape index (κ1) is 24.6. The number of rotatable bonds is 7. The number of anilines is 1. The molecule has 0 bridgehead atoms. The summed E-state index contributed by atoms with van der Waals surface area (Å²) >= 11 is 5.91. The normalized spacial score (nSPS) is 16.1. The second-order valence-corrected chi connectivity index (χ2v) is 11.8. The van der Waals surface area contributed by atoms with E-state index in [1.807, 2.05) is 0 Å². The van der Waals surface area contributed by atoms with Gasteiger partial charge in [0.05, 0.1) is 27.8 Å². The smallest absolute Gasteiger partial charge is 0.279 e. The van der Waals surface area contributed by atoms with Gasteiger partial charge in [-0.3, -0.25) is 14.8 Å². The van der Waals surface area contributed by atoms with E-state index in [-0.39, 0.29) is 17.0 Å². The van der Waals surface area contributed by atoms with Crippen molar-refractivity contribution in [2.75, 3.05) is 11.0 Å². The van der Waals surface area contributed by atoms with Gasteiger partial charge in [-0.05, 0) is 47.5 Å². The highest BCUT2D eigenvalue weighted by molar-refractivity contribution is 7.92. The molecule has 0 aromatic heterocycles. The summed E-state index contributed by atoms with van der Waals surface area (Å²) in [7, 11) is -7.59. The maximum absolute atomic E-state index is 13.5. The van der Waals surface area contributed by atoms with Crippen molar-refractivity contribution < 1.29 is 21.8 Å². The molecule has 0 saturated carbocycles. The molecule has 0 saturated heterocycles. The quantitative estimate of drug-likeness (QED) is 0.356.